The average Bonchev–Trinajstić information content (AvgIpc) is 2.69. The smallest absolute Gasteiger partial charge is 0.267 e. The summed E-state index contributed by atoms with van der Waals surface area (Å²) in [5, 5.41) is 5.62. The van der Waals surface area contributed by atoms with Crippen LogP contribution >= 0.6 is 0 Å². The number of benzene rings is 2. The van der Waals surface area contributed by atoms with Crippen molar-refractivity contribution in [3.8, 4) is 0 Å². The molecule has 0 aromatic heterocycles. The molecule has 0 saturated heterocycles. The zero-order valence-corrected chi connectivity index (χ0v) is 15.9. The van der Waals surface area contributed by atoms with Crippen LogP contribution in [-0.4, -0.2) is 18.4 Å². The van der Waals surface area contributed by atoms with Gasteiger partial charge in [-0.1, -0.05) is 50.6 Å². The van der Waals surface area contributed by atoms with Crippen LogP contribution in [0.3, 0.4) is 0 Å². The van der Waals surface area contributed by atoms with Gasteiger partial charge in [0, 0.05) is 17.8 Å². The lowest BCUT2D eigenvalue weighted by Gasteiger charge is -2.13. The summed E-state index contributed by atoms with van der Waals surface area (Å²) in [5.41, 5.74) is 7.83. The standard InChI is InChI=1S/C22H27N3O2/c1-3-16(2)13-14-24-22(27)20(15-17-9-11-19(23)12-10-17)25-21(26)18-7-5-4-6-8-18/h4-12,15-16H,3,13-14,23H2,1-2H3,(H,24,27)(H,25,26)/b20-15-. The van der Waals surface area contributed by atoms with Crippen LogP contribution in [0.4, 0.5) is 5.69 Å². The van der Waals surface area contributed by atoms with E-state index < -0.39 is 0 Å². The Morgan fingerprint density at radius 1 is 1.07 bits per heavy atom. The van der Waals surface area contributed by atoms with Crippen molar-refractivity contribution in [2.24, 2.45) is 5.92 Å². The molecule has 0 saturated carbocycles. The fourth-order valence-electron chi connectivity index (χ4n) is 2.43. The fraction of sp³-hybridized carbons (Fsp3) is 0.273. The Balaban J connectivity index is 2.16. The number of hydrogen-bond donors (Lipinski definition) is 3. The average molecular weight is 365 g/mol. The van der Waals surface area contributed by atoms with E-state index in [0.717, 1.165) is 18.4 Å². The molecule has 0 spiro atoms. The van der Waals surface area contributed by atoms with E-state index in [1.165, 1.54) is 0 Å². The van der Waals surface area contributed by atoms with Crippen LogP contribution in [0, 0.1) is 5.92 Å². The van der Waals surface area contributed by atoms with Gasteiger partial charge in [0.15, 0.2) is 0 Å². The first-order valence-corrected chi connectivity index (χ1v) is 9.21. The van der Waals surface area contributed by atoms with Crippen LogP contribution in [0.15, 0.2) is 60.3 Å². The molecule has 4 N–H and O–H groups in total. The Bertz CT molecular complexity index is 783. The Morgan fingerprint density at radius 2 is 1.74 bits per heavy atom. The van der Waals surface area contributed by atoms with Crippen LogP contribution in [0.25, 0.3) is 6.08 Å². The third-order valence-corrected chi connectivity index (χ3v) is 4.40. The predicted octanol–water partition coefficient (Wildman–Crippen LogP) is 3.59. The number of nitrogens with one attached hydrogen (secondary N) is 2. The Kier molecular flexibility index (Phi) is 7.62. The van der Waals surface area contributed by atoms with Crippen molar-refractivity contribution in [3.05, 3.63) is 71.4 Å². The van der Waals surface area contributed by atoms with Crippen LogP contribution < -0.4 is 16.4 Å². The van der Waals surface area contributed by atoms with Gasteiger partial charge in [-0.2, -0.15) is 0 Å². The zero-order valence-electron chi connectivity index (χ0n) is 15.9. The molecule has 0 radical (unpaired) electrons. The molecular weight excluding hydrogens is 338 g/mol. The van der Waals surface area contributed by atoms with E-state index in [1.54, 1.807) is 54.6 Å². The molecule has 0 fully saturated rings. The van der Waals surface area contributed by atoms with Gasteiger partial charge in [0.1, 0.15) is 5.70 Å². The molecule has 1 atom stereocenters. The maximum Gasteiger partial charge on any atom is 0.267 e. The second kappa shape index (κ2) is 10.2. The van der Waals surface area contributed by atoms with Crippen molar-refractivity contribution >= 4 is 23.6 Å². The highest BCUT2D eigenvalue weighted by Gasteiger charge is 2.14. The van der Waals surface area contributed by atoms with Crippen molar-refractivity contribution in [1.82, 2.24) is 10.6 Å². The summed E-state index contributed by atoms with van der Waals surface area (Å²) in [5.74, 6) is -0.0949. The minimum Gasteiger partial charge on any atom is -0.399 e. The molecule has 0 bridgehead atoms. The number of carbonyl (C=O) groups excluding carboxylic acids is 2. The molecule has 1 unspecified atom stereocenters. The topological polar surface area (TPSA) is 84.2 Å². The number of nitrogen functional groups attached to an aromatic ring is 1. The van der Waals surface area contributed by atoms with Gasteiger partial charge in [-0.15, -0.1) is 0 Å². The number of carbonyl (C=O) groups is 2. The van der Waals surface area contributed by atoms with Crippen molar-refractivity contribution in [1.29, 1.82) is 0 Å². The maximum atomic E-state index is 12.6. The fourth-order valence-corrected chi connectivity index (χ4v) is 2.43. The second-order valence-corrected chi connectivity index (χ2v) is 6.60. The molecule has 2 aromatic rings. The van der Waals surface area contributed by atoms with Crippen molar-refractivity contribution in [2.75, 3.05) is 12.3 Å². The van der Waals surface area contributed by atoms with Gasteiger partial charge in [-0.3, -0.25) is 9.59 Å². The Morgan fingerprint density at radius 3 is 2.37 bits per heavy atom. The molecule has 142 valence electrons. The molecule has 2 aromatic carbocycles. The largest absolute Gasteiger partial charge is 0.399 e. The van der Waals surface area contributed by atoms with E-state index in [9.17, 15) is 9.59 Å². The first-order valence-electron chi connectivity index (χ1n) is 9.21. The van der Waals surface area contributed by atoms with Gasteiger partial charge in [0.25, 0.3) is 11.8 Å². The molecule has 0 aliphatic rings. The molecule has 5 nitrogen and oxygen atoms in total. The van der Waals surface area contributed by atoms with E-state index in [2.05, 4.69) is 24.5 Å². The predicted molar refractivity (Wildman–Crippen MR) is 110 cm³/mol. The summed E-state index contributed by atoms with van der Waals surface area (Å²) in [6, 6.07) is 15.9. The minimum atomic E-state index is -0.325. The number of nitrogens with two attached hydrogens (primary N) is 1. The highest BCUT2D eigenvalue weighted by Crippen LogP contribution is 2.11. The number of rotatable bonds is 8. The van der Waals surface area contributed by atoms with Gasteiger partial charge in [0.2, 0.25) is 0 Å². The quantitative estimate of drug-likeness (QED) is 0.494. The van der Waals surface area contributed by atoms with E-state index in [-0.39, 0.29) is 17.5 Å². The van der Waals surface area contributed by atoms with Gasteiger partial charge < -0.3 is 16.4 Å². The molecule has 0 heterocycles. The molecular formula is C22H27N3O2. The maximum absolute atomic E-state index is 12.6. The molecule has 0 aliphatic carbocycles. The summed E-state index contributed by atoms with van der Waals surface area (Å²) < 4.78 is 0. The summed E-state index contributed by atoms with van der Waals surface area (Å²) in [6.45, 7) is 4.83. The van der Waals surface area contributed by atoms with Crippen LogP contribution in [-0.2, 0) is 4.79 Å². The van der Waals surface area contributed by atoms with Gasteiger partial charge in [0.05, 0.1) is 0 Å². The molecule has 27 heavy (non-hydrogen) atoms. The molecule has 0 aliphatic heterocycles. The zero-order chi connectivity index (χ0) is 19.6. The van der Waals surface area contributed by atoms with E-state index in [0.29, 0.717) is 23.7 Å². The molecule has 2 rings (SSSR count). The van der Waals surface area contributed by atoms with E-state index in [1.807, 2.05) is 6.07 Å². The lowest BCUT2D eigenvalue weighted by molar-refractivity contribution is -0.117. The SMILES string of the molecule is CCC(C)CCNC(=O)/C(=C/c1ccc(N)cc1)NC(=O)c1ccccc1. The van der Waals surface area contributed by atoms with E-state index in [4.69, 9.17) is 5.73 Å². The number of amides is 2. The van der Waals surface area contributed by atoms with Crippen molar-refractivity contribution < 1.29 is 9.59 Å². The first kappa shape index (κ1) is 20.2. The van der Waals surface area contributed by atoms with E-state index >= 15 is 0 Å². The molecule has 2 amide bonds. The number of anilines is 1. The highest BCUT2D eigenvalue weighted by molar-refractivity contribution is 6.05. The summed E-state index contributed by atoms with van der Waals surface area (Å²) in [4.78, 5) is 25.1. The first-order chi connectivity index (χ1) is 13.0. The Hall–Kier alpha value is -3.08. The van der Waals surface area contributed by atoms with Crippen LogP contribution in [0.2, 0.25) is 0 Å². The summed E-state index contributed by atoms with van der Waals surface area (Å²) >= 11 is 0. The minimum absolute atomic E-state index is 0.206. The third kappa shape index (κ3) is 6.62. The lowest BCUT2D eigenvalue weighted by atomic mass is 10.1. The molecule has 5 heteroatoms. The van der Waals surface area contributed by atoms with Gasteiger partial charge >= 0.3 is 0 Å². The normalized spacial score (nSPS) is 12.3. The summed E-state index contributed by atoms with van der Waals surface area (Å²) in [6.07, 6.45) is 3.61. The monoisotopic (exact) mass is 365 g/mol. The summed E-state index contributed by atoms with van der Waals surface area (Å²) in [7, 11) is 0. The second-order valence-electron chi connectivity index (χ2n) is 6.60. The van der Waals surface area contributed by atoms with Gasteiger partial charge in [-0.05, 0) is 48.2 Å². The highest BCUT2D eigenvalue weighted by atomic mass is 16.2. The lowest BCUT2D eigenvalue weighted by Crippen LogP contribution is -2.35. The van der Waals surface area contributed by atoms with Crippen LogP contribution in [0.5, 0.6) is 0 Å². The third-order valence-electron chi connectivity index (χ3n) is 4.40. The van der Waals surface area contributed by atoms with Crippen molar-refractivity contribution in [2.45, 2.75) is 26.7 Å². The Labute approximate surface area is 160 Å². The van der Waals surface area contributed by atoms with Crippen LogP contribution in [0.1, 0.15) is 42.6 Å². The number of hydrogen-bond acceptors (Lipinski definition) is 3. The van der Waals surface area contributed by atoms with Gasteiger partial charge in [-0.25, -0.2) is 0 Å². The van der Waals surface area contributed by atoms with Crippen molar-refractivity contribution in [3.63, 3.8) is 0 Å².